The van der Waals surface area contributed by atoms with E-state index in [2.05, 4.69) is 15.4 Å². The van der Waals surface area contributed by atoms with Crippen LogP contribution in [0, 0.1) is 0 Å². The SMILES string of the molecule is CC1(C)Sc2nncn2/C1=N/O. The maximum absolute atomic E-state index is 8.77. The monoisotopic (exact) mass is 184 g/mol. The van der Waals surface area contributed by atoms with E-state index < -0.39 is 0 Å². The Hall–Kier alpha value is -1.04. The van der Waals surface area contributed by atoms with Gasteiger partial charge in [0.15, 0.2) is 11.0 Å². The van der Waals surface area contributed by atoms with Gasteiger partial charge in [-0.2, -0.15) is 0 Å². The standard InChI is InChI=1S/C6H8N4OS/c1-6(2)4(9-11)10-3-7-8-5(10)12-6/h3,11H,1-2H3/b9-4+. The molecule has 0 aromatic carbocycles. The van der Waals surface area contributed by atoms with E-state index in [-0.39, 0.29) is 4.75 Å². The van der Waals surface area contributed by atoms with Gasteiger partial charge in [0.2, 0.25) is 0 Å². The van der Waals surface area contributed by atoms with Gasteiger partial charge in [0.1, 0.15) is 6.33 Å². The lowest BCUT2D eigenvalue weighted by Crippen LogP contribution is -2.27. The Labute approximate surface area is 73.5 Å². The van der Waals surface area contributed by atoms with Crippen LogP contribution < -0.4 is 0 Å². The summed E-state index contributed by atoms with van der Waals surface area (Å²) in [6, 6.07) is 0. The second kappa shape index (κ2) is 2.22. The second-order valence-electron chi connectivity index (χ2n) is 3.02. The number of thioether (sulfide) groups is 1. The summed E-state index contributed by atoms with van der Waals surface area (Å²) >= 11 is 1.53. The van der Waals surface area contributed by atoms with Crippen molar-refractivity contribution in [3.05, 3.63) is 6.33 Å². The summed E-state index contributed by atoms with van der Waals surface area (Å²) in [7, 11) is 0. The van der Waals surface area contributed by atoms with Crippen molar-refractivity contribution in [1.82, 2.24) is 14.8 Å². The molecule has 0 aliphatic carbocycles. The van der Waals surface area contributed by atoms with E-state index in [0.29, 0.717) is 5.84 Å². The number of aromatic nitrogens is 3. The Morgan fingerprint density at radius 2 is 2.42 bits per heavy atom. The van der Waals surface area contributed by atoms with Crippen molar-refractivity contribution in [2.75, 3.05) is 0 Å². The smallest absolute Gasteiger partial charge is 0.197 e. The van der Waals surface area contributed by atoms with Crippen LogP contribution in [-0.2, 0) is 0 Å². The number of hydrogen-bond acceptors (Lipinski definition) is 5. The predicted octanol–water partition coefficient (Wildman–Crippen LogP) is 0.798. The molecule has 2 rings (SSSR count). The molecule has 1 aliphatic rings. The molecule has 6 heteroatoms. The minimum Gasteiger partial charge on any atom is -0.409 e. The molecule has 0 atom stereocenters. The van der Waals surface area contributed by atoms with Crippen LogP contribution in [0.25, 0.3) is 0 Å². The third-order valence-corrected chi connectivity index (χ3v) is 2.88. The largest absolute Gasteiger partial charge is 0.409 e. The summed E-state index contributed by atoms with van der Waals surface area (Å²) in [6.45, 7) is 3.95. The number of hydrogen-bond donors (Lipinski definition) is 1. The highest BCUT2D eigenvalue weighted by molar-refractivity contribution is 8.01. The van der Waals surface area contributed by atoms with Gasteiger partial charge in [-0.15, -0.1) is 10.2 Å². The number of fused-ring (bicyclic) bond motifs is 1. The van der Waals surface area contributed by atoms with Crippen LogP contribution in [0.3, 0.4) is 0 Å². The fraction of sp³-hybridized carbons (Fsp3) is 0.500. The Kier molecular flexibility index (Phi) is 1.41. The zero-order chi connectivity index (χ0) is 8.77. The Balaban J connectivity index is 2.56. The number of rotatable bonds is 0. The van der Waals surface area contributed by atoms with Crippen molar-refractivity contribution in [3.8, 4) is 0 Å². The molecule has 0 spiro atoms. The molecule has 0 radical (unpaired) electrons. The molecular formula is C6H8N4OS. The van der Waals surface area contributed by atoms with Gasteiger partial charge < -0.3 is 5.21 Å². The van der Waals surface area contributed by atoms with E-state index >= 15 is 0 Å². The van der Waals surface area contributed by atoms with Gasteiger partial charge in [0.25, 0.3) is 0 Å². The van der Waals surface area contributed by atoms with Crippen LogP contribution >= 0.6 is 11.8 Å². The van der Waals surface area contributed by atoms with Crippen LogP contribution in [0.5, 0.6) is 0 Å². The molecule has 1 N–H and O–H groups in total. The van der Waals surface area contributed by atoms with E-state index in [0.717, 1.165) is 5.16 Å². The summed E-state index contributed by atoms with van der Waals surface area (Å²) in [5.74, 6) is 0.576. The average Bonchev–Trinajstić information content (AvgIpc) is 2.43. The van der Waals surface area contributed by atoms with E-state index in [1.807, 2.05) is 13.8 Å². The van der Waals surface area contributed by atoms with Gasteiger partial charge in [0.05, 0.1) is 4.75 Å². The molecule has 0 bridgehead atoms. The summed E-state index contributed by atoms with van der Waals surface area (Å²) < 4.78 is 1.46. The molecule has 0 amide bonds. The second-order valence-corrected chi connectivity index (χ2v) is 4.61. The maximum Gasteiger partial charge on any atom is 0.197 e. The van der Waals surface area contributed by atoms with E-state index in [4.69, 9.17) is 5.21 Å². The first-order chi connectivity index (χ1) is 5.65. The minimum absolute atomic E-state index is 0.222. The first-order valence-corrected chi connectivity index (χ1v) is 4.29. The molecule has 1 aliphatic heterocycles. The normalized spacial score (nSPS) is 23.0. The average molecular weight is 184 g/mol. The fourth-order valence-electron chi connectivity index (χ4n) is 1.17. The van der Waals surface area contributed by atoms with Crippen molar-refractivity contribution in [2.24, 2.45) is 5.16 Å². The lowest BCUT2D eigenvalue weighted by Gasteiger charge is -2.13. The van der Waals surface area contributed by atoms with Crippen LogP contribution in [-0.4, -0.2) is 30.6 Å². The summed E-state index contributed by atoms with van der Waals surface area (Å²) in [5, 5.41) is 20.4. The lowest BCUT2D eigenvalue weighted by molar-refractivity contribution is 0.314. The van der Waals surface area contributed by atoms with Crippen molar-refractivity contribution >= 4 is 17.6 Å². The Bertz CT molecular complexity index is 343. The van der Waals surface area contributed by atoms with E-state index in [9.17, 15) is 0 Å². The minimum atomic E-state index is -0.222. The van der Waals surface area contributed by atoms with Crippen LogP contribution in [0.1, 0.15) is 13.8 Å². The quantitative estimate of drug-likeness (QED) is 0.478. The molecule has 2 heterocycles. The first-order valence-electron chi connectivity index (χ1n) is 3.47. The first kappa shape index (κ1) is 7.60. The third-order valence-electron chi connectivity index (χ3n) is 1.72. The van der Waals surface area contributed by atoms with Crippen molar-refractivity contribution < 1.29 is 5.21 Å². The topological polar surface area (TPSA) is 63.3 Å². The van der Waals surface area contributed by atoms with Crippen LogP contribution in [0.15, 0.2) is 16.6 Å². The van der Waals surface area contributed by atoms with Gasteiger partial charge in [-0.25, -0.2) is 0 Å². The molecule has 0 saturated carbocycles. The highest BCUT2D eigenvalue weighted by atomic mass is 32.2. The van der Waals surface area contributed by atoms with Crippen LogP contribution in [0.4, 0.5) is 0 Å². The Morgan fingerprint density at radius 1 is 1.67 bits per heavy atom. The predicted molar refractivity (Wildman–Crippen MR) is 44.6 cm³/mol. The van der Waals surface area contributed by atoms with E-state index in [1.165, 1.54) is 11.8 Å². The zero-order valence-electron chi connectivity index (χ0n) is 6.72. The van der Waals surface area contributed by atoms with Gasteiger partial charge in [-0.1, -0.05) is 16.9 Å². The lowest BCUT2D eigenvalue weighted by atomic mass is 10.2. The summed E-state index contributed by atoms with van der Waals surface area (Å²) in [6.07, 6.45) is 1.55. The van der Waals surface area contributed by atoms with E-state index in [1.54, 1.807) is 10.9 Å². The maximum atomic E-state index is 8.77. The highest BCUT2D eigenvalue weighted by Gasteiger charge is 2.38. The Morgan fingerprint density at radius 3 is 3.08 bits per heavy atom. The summed E-state index contributed by atoms with van der Waals surface area (Å²) in [5.41, 5.74) is 0. The van der Waals surface area contributed by atoms with Crippen LogP contribution in [0.2, 0.25) is 0 Å². The number of nitrogens with zero attached hydrogens (tertiary/aromatic N) is 4. The highest BCUT2D eigenvalue weighted by Crippen LogP contribution is 2.38. The van der Waals surface area contributed by atoms with Gasteiger partial charge >= 0.3 is 0 Å². The number of oxime groups is 1. The van der Waals surface area contributed by atoms with Crippen molar-refractivity contribution in [3.63, 3.8) is 0 Å². The molecule has 1 aromatic rings. The van der Waals surface area contributed by atoms with Gasteiger partial charge in [-0.05, 0) is 13.8 Å². The van der Waals surface area contributed by atoms with Gasteiger partial charge in [0, 0.05) is 0 Å². The zero-order valence-corrected chi connectivity index (χ0v) is 7.54. The molecular weight excluding hydrogens is 176 g/mol. The molecule has 0 fully saturated rings. The molecule has 5 nitrogen and oxygen atoms in total. The summed E-state index contributed by atoms with van der Waals surface area (Å²) in [4.78, 5) is 0. The molecule has 0 unspecified atom stereocenters. The van der Waals surface area contributed by atoms with Crippen molar-refractivity contribution in [1.29, 1.82) is 0 Å². The van der Waals surface area contributed by atoms with Gasteiger partial charge in [-0.3, -0.25) is 4.57 Å². The molecule has 64 valence electrons. The fourth-order valence-corrected chi connectivity index (χ4v) is 2.18. The molecule has 12 heavy (non-hydrogen) atoms. The third kappa shape index (κ3) is 0.842. The molecule has 1 aromatic heterocycles. The van der Waals surface area contributed by atoms with Crippen molar-refractivity contribution in [2.45, 2.75) is 23.8 Å². The molecule has 0 saturated heterocycles.